The van der Waals surface area contributed by atoms with E-state index in [9.17, 15) is 4.79 Å². The molecule has 0 aliphatic heterocycles. The molecule has 1 amide bonds. The average Bonchev–Trinajstić information content (AvgIpc) is 3.35. The zero-order valence-corrected chi connectivity index (χ0v) is 14.5. The molecule has 0 atom stereocenters. The third-order valence-electron chi connectivity index (χ3n) is 4.46. The number of hydrogen-bond acceptors (Lipinski definition) is 5. The molecular formula is C19H19N5O2. The minimum absolute atomic E-state index is 0.240. The molecule has 0 unspecified atom stereocenters. The van der Waals surface area contributed by atoms with Gasteiger partial charge in [-0.05, 0) is 43.0 Å². The first-order valence-electron chi connectivity index (χ1n) is 8.54. The predicted octanol–water partition coefficient (Wildman–Crippen LogP) is 2.29. The van der Waals surface area contributed by atoms with E-state index in [2.05, 4.69) is 25.5 Å². The average molecular weight is 349 g/mol. The van der Waals surface area contributed by atoms with Crippen LogP contribution in [0.4, 0.5) is 0 Å². The highest BCUT2D eigenvalue weighted by molar-refractivity contribution is 5.93. The summed E-state index contributed by atoms with van der Waals surface area (Å²) < 4.78 is 5.22. The summed E-state index contributed by atoms with van der Waals surface area (Å²) in [7, 11) is 1.61. The van der Waals surface area contributed by atoms with Crippen molar-refractivity contribution >= 4 is 5.91 Å². The highest BCUT2D eigenvalue weighted by Gasteiger charge is 2.15. The molecule has 2 N–H and O–H groups in total. The van der Waals surface area contributed by atoms with Gasteiger partial charge in [0.15, 0.2) is 0 Å². The molecule has 3 aromatic rings. The van der Waals surface area contributed by atoms with Crippen LogP contribution in [0.1, 0.15) is 34.0 Å². The lowest BCUT2D eigenvalue weighted by Gasteiger charge is -2.04. The van der Waals surface area contributed by atoms with Crippen LogP contribution in [0.5, 0.6) is 5.75 Å². The van der Waals surface area contributed by atoms with Crippen molar-refractivity contribution in [1.82, 2.24) is 25.5 Å². The summed E-state index contributed by atoms with van der Waals surface area (Å²) in [5.74, 6) is 1.13. The number of amides is 1. The van der Waals surface area contributed by atoms with Crippen LogP contribution >= 0.6 is 0 Å². The first kappa shape index (κ1) is 16.3. The number of aryl methyl sites for hydroxylation is 2. The highest BCUT2D eigenvalue weighted by Crippen LogP contribution is 2.22. The number of aromatic amines is 1. The van der Waals surface area contributed by atoms with Crippen LogP contribution in [-0.4, -0.2) is 33.2 Å². The van der Waals surface area contributed by atoms with Gasteiger partial charge in [0.1, 0.15) is 17.3 Å². The molecule has 0 fully saturated rings. The van der Waals surface area contributed by atoms with Gasteiger partial charge in [0.25, 0.3) is 5.91 Å². The van der Waals surface area contributed by atoms with Crippen molar-refractivity contribution in [2.75, 3.05) is 7.11 Å². The number of nitrogens with one attached hydrogen (secondary N) is 2. The molecule has 0 saturated carbocycles. The van der Waals surface area contributed by atoms with E-state index in [1.165, 1.54) is 5.56 Å². The van der Waals surface area contributed by atoms with Crippen molar-refractivity contribution < 1.29 is 9.53 Å². The van der Waals surface area contributed by atoms with Crippen LogP contribution in [0.3, 0.4) is 0 Å². The zero-order valence-electron chi connectivity index (χ0n) is 14.5. The third-order valence-corrected chi connectivity index (χ3v) is 4.46. The number of nitrogens with zero attached hydrogens (tertiary/aromatic N) is 3. The number of benzene rings is 1. The number of carbonyl (C=O) groups excluding carboxylic acids is 1. The SMILES string of the molecule is COc1cccc(-c2cc(C(=O)NCc3ncc4c(n3)CCC4)[nH]n2)c1. The van der Waals surface area contributed by atoms with Crippen LogP contribution in [-0.2, 0) is 19.4 Å². The van der Waals surface area contributed by atoms with Crippen molar-refractivity contribution in [2.45, 2.75) is 25.8 Å². The van der Waals surface area contributed by atoms with E-state index in [-0.39, 0.29) is 5.91 Å². The van der Waals surface area contributed by atoms with Crippen LogP contribution in [0.15, 0.2) is 36.5 Å². The van der Waals surface area contributed by atoms with Gasteiger partial charge >= 0.3 is 0 Å². The van der Waals surface area contributed by atoms with E-state index < -0.39 is 0 Å². The van der Waals surface area contributed by atoms with E-state index in [1.54, 1.807) is 13.2 Å². The molecular weight excluding hydrogens is 330 g/mol. The fraction of sp³-hybridized carbons (Fsp3) is 0.263. The molecule has 1 aromatic carbocycles. The number of fused-ring (bicyclic) bond motifs is 1. The standard InChI is InChI=1S/C19H19N5O2/c1-26-14-6-2-4-12(8-14)16-9-17(24-23-16)19(25)21-11-18-20-10-13-5-3-7-15(13)22-18/h2,4,6,8-10H,3,5,7,11H2,1H3,(H,21,25)(H,23,24). The largest absolute Gasteiger partial charge is 0.497 e. The Balaban J connectivity index is 1.43. The van der Waals surface area contributed by atoms with Crippen molar-refractivity contribution in [2.24, 2.45) is 0 Å². The molecule has 2 heterocycles. The summed E-state index contributed by atoms with van der Waals surface area (Å²) in [5, 5.41) is 9.82. The molecule has 1 aliphatic rings. The van der Waals surface area contributed by atoms with Crippen LogP contribution in [0.25, 0.3) is 11.3 Å². The normalized spacial score (nSPS) is 12.7. The number of methoxy groups -OCH3 is 1. The quantitative estimate of drug-likeness (QED) is 0.737. The number of H-pyrrole nitrogens is 1. The number of ether oxygens (including phenoxy) is 1. The molecule has 0 spiro atoms. The maximum absolute atomic E-state index is 12.4. The van der Waals surface area contributed by atoms with Crippen molar-refractivity contribution in [3.63, 3.8) is 0 Å². The number of hydrogen-bond donors (Lipinski definition) is 2. The first-order valence-corrected chi connectivity index (χ1v) is 8.54. The monoisotopic (exact) mass is 349 g/mol. The summed E-state index contributed by atoms with van der Waals surface area (Å²) in [6.45, 7) is 0.291. The summed E-state index contributed by atoms with van der Waals surface area (Å²) in [6, 6.07) is 9.25. The van der Waals surface area contributed by atoms with Crippen molar-refractivity contribution in [3.05, 3.63) is 59.3 Å². The lowest BCUT2D eigenvalue weighted by atomic mass is 10.1. The summed E-state index contributed by atoms with van der Waals surface area (Å²) >= 11 is 0. The molecule has 7 heteroatoms. The van der Waals surface area contributed by atoms with Gasteiger partial charge in [-0.2, -0.15) is 5.10 Å². The van der Waals surface area contributed by atoms with E-state index in [0.717, 1.165) is 36.3 Å². The van der Waals surface area contributed by atoms with Gasteiger partial charge in [-0.25, -0.2) is 9.97 Å². The lowest BCUT2D eigenvalue weighted by molar-refractivity contribution is 0.0945. The number of rotatable bonds is 5. The topological polar surface area (TPSA) is 92.8 Å². The maximum atomic E-state index is 12.4. The minimum Gasteiger partial charge on any atom is -0.497 e. The smallest absolute Gasteiger partial charge is 0.269 e. The molecule has 0 bridgehead atoms. The van der Waals surface area contributed by atoms with Crippen molar-refractivity contribution in [3.8, 4) is 17.0 Å². The highest BCUT2D eigenvalue weighted by atomic mass is 16.5. The molecule has 2 aromatic heterocycles. The van der Waals surface area contributed by atoms with Crippen LogP contribution in [0.2, 0.25) is 0 Å². The molecule has 0 radical (unpaired) electrons. The van der Waals surface area contributed by atoms with Gasteiger partial charge in [-0.1, -0.05) is 12.1 Å². The Bertz CT molecular complexity index is 951. The Hall–Kier alpha value is -3.22. The Morgan fingerprint density at radius 3 is 3.12 bits per heavy atom. The van der Waals surface area contributed by atoms with Gasteiger partial charge < -0.3 is 10.1 Å². The van der Waals surface area contributed by atoms with Gasteiger partial charge in [-0.15, -0.1) is 0 Å². The second-order valence-electron chi connectivity index (χ2n) is 6.19. The first-order chi connectivity index (χ1) is 12.7. The van der Waals surface area contributed by atoms with Crippen molar-refractivity contribution in [1.29, 1.82) is 0 Å². The molecule has 132 valence electrons. The van der Waals surface area contributed by atoms with Gasteiger partial charge in [-0.3, -0.25) is 9.89 Å². The van der Waals surface area contributed by atoms with E-state index >= 15 is 0 Å². The van der Waals surface area contributed by atoms with Gasteiger partial charge in [0.05, 0.1) is 19.3 Å². The summed E-state index contributed by atoms with van der Waals surface area (Å²) in [6.07, 6.45) is 5.03. The van der Waals surface area contributed by atoms with Crippen LogP contribution in [0, 0.1) is 0 Å². The van der Waals surface area contributed by atoms with E-state index in [0.29, 0.717) is 23.8 Å². The second-order valence-corrected chi connectivity index (χ2v) is 6.19. The number of carbonyl (C=O) groups is 1. The minimum atomic E-state index is -0.240. The predicted molar refractivity (Wildman–Crippen MR) is 95.8 cm³/mol. The van der Waals surface area contributed by atoms with Gasteiger partial charge in [0, 0.05) is 17.5 Å². The zero-order chi connectivity index (χ0) is 17.9. The van der Waals surface area contributed by atoms with Crippen LogP contribution < -0.4 is 10.1 Å². The number of aromatic nitrogens is 4. The second kappa shape index (κ2) is 6.95. The summed E-state index contributed by atoms with van der Waals surface area (Å²) in [4.78, 5) is 21.2. The van der Waals surface area contributed by atoms with E-state index in [4.69, 9.17) is 4.74 Å². The molecule has 0 saturated heterocycles. The van der Waals surface area contributed by atoms with E-state index in [1.807, 2.05) is 30.5 Å². The van der Waals surface area contributed by atoms with Gasteiger partial charge in [0.2, 0.25) is 0 Å². The lowest BCUT2D eigenvalue weighted by Crippen LogP contribution is -2.24. The molecule has 4 rings (SSSR count). The fourth-order valence-electron chi connectivity index (χ4n) is 3.06. The molecule has 1 aliphatic carbocycles. The third kappa shape index (κ3) is 3.28. The maximum Gasteiger partial charge on any atom is 0.269 e. The fourth-order valence-corrected chi connectivity index (χ4v) is 3.06. The Kier molecular flexibility index (Phi) is 4.35. The Morgan fingerprint density at radius 1 is 1.31 bits per heavy atom. The Morgan fingerprint density at radius 2 is 2.23 bits per heavy atom. The Labute approximate surface area is 150 Å². The molecule has 7 nitrogen and oxygen atoms in total. The molecule has 26 heavy (non-hydrogen) atoms. The summed E-state index contributed by atoms with van der Waals surface area (Å²) in [5.41, 5.74) is 4.27.